The minimum atomic E-state index is -3.71. The molecule has 118 valence electrons. The second kappa shape index (κ2) is 6.85. The molecule has 7 heteroatoms. The predicted octanol–water partition coefficient (Wildman–Crippen LogP) is 0.512. The number of rotatable bonds is 5. The highest BCUT2D eigenvalue weighted by Crippen LogP contribution is 2.24. The summed E-state index contributed by atoms with van der Waals surface area (Å²) in [4.78, 5) is 0.132. The van der Waals surface area contributed by atoms with E-state index in [2.05, 4.69) is 0 Å². The maximum Gasteiger partial charge on any atom is 0.243 e. The first-order chi connectivity index (χ1) is 10.0. The molecule has 0 amide bonds. The van der Waals surface area contributed by atoms with Crippen molar-refractivity contribution in [2.24, 2.45) is 0 Å². The fourth-order valence-electron chi connectivity index (χ4n) is 2.35. The van der Waals surface area contributed by atoms with Gasteiger partial charge in [-0.05, 0) is 24.1 Å². The monoisotopic (exact) mass is 315 g/mol. The lowest BCUT2D eigenvalue weighted by molar-refractivity contribution is 0.0109. The Hall–Kier alpha value is -0.990. The summed E-state index contributed by atoms with van der Waals surface area (Å²) < 4.78 is 31.9. The van der Waals surface area contributed by atoms with Gasteiger partial charge in [-0.2, -0.15) is 4.31 Å². The minimum Gasteiger partial charge on any atom is -0.395 e. The third-order valence-electron chi connectivity index (χ3n) is 3.62. The summed E-state index contributed by atoms with van der Waals surface area (Å²) in [7, 11) is -3.71. The van der Waals surface area contributed by atoms with Gasteiger partial charge in [0.1, 0.15) is 0 Å². The highest BCUT2D eigenvalue weighted by Gasteiger charge is 2.33. The van der Waals surface area contributed by atoms with Crippen LogP contribution in [0.15, 0.2) is 29.2 Å². The van der Waals surface area contributed by atoms with E-state index in [1.54, 1.807) is 12.1 Å². The Bertz CT molecular complexity index is 574. The summed E-state index contributed by atoms with van der Waals surface area (Å²) in [5.74, 6) is 0. The van der Waals surface area contributed by atoms with Crippen LogP contribution in [-0.4, -0.2) is 55.3 Å². The molecule has 0 aliphatic carbocycles. The molecule has 2 atom stereocenters. The first kappa shape index (κ1) is 16.4. The van der Waals surface area contributed by atoms with Crippen molar-refractivity contribution < 1.29 is 23.4 Å². The quantitative estimate of drug-likeness (QED) is 0.827. The van der Waals surface area contributed by atoms with Crippen molar-refractivity contribution in [2.45, 2.75) is 30.4 Å². The third kappa shape index (κ3) is 3.44. The topological polar surface area (TPSA) is 87.1 Å². The van der Waals surface area contributed by atoms with Crippen molar-refractivity contribution in [3.8, 4) is 0 Å². The fourth-order valence-corrected chi connectivity index (χ4v) is 3.99. The average Bonchev–Trinajstić information content (AvgIpc) is 2.54. The highest BCUT2D eigenvalue weighted by molar-refractivity contribution is 7.89. The number of aliphatic hydroxyl groups is 2. The molecule has 21 heavy (non-hydrogen) atoms. The lowest BCUT2D eigenvalue weighted by Gasteiger charge is -2.33. The first-order valence-electron chi connectivity index (χ1n) is 6.99. The van der Waals surface area contributed by atoms with Crippen LogP contribution in [0.4, 0.5) is 0 Å². The standard InChI is InChI=1S/C14H21NO5S/c1-2-14(17)11-4-3-5-13(8-11)21(18,19)15-6-7-20-10-12(15)9-16/h3-5,8,12,14,16-17H,2,6-7,9-10H2,1H3. The molecule has 0 bridgehead atoms. The molecule has 6 nitrogen and oxygen atoms in total. The molecule has 1 aliphatic heterocycles. The Kier molecular flexibility index (Phi) is 5.34. The molecule has 1 aromatic rings. The van der Waals surface area contributed by atoms with Crippen molar-refractivity contribution >= 4 is 10.0 Å². The summed E-state index contributed by atoms with van der Waals surface area (Å²) in [5.41, 5.74) is 0.576. The molecule has 1 fully saturated rings. The molecular weight excluding hydrogens is 294 g/mol. The van der Waals surface area contributed by atoms with Crippen LogP contribution in [0.25, 0.3) is 0 Å². The van der Waals surface area contributed by atoms with Crippen molar-refractivity contribution in [1.82, 2.24) is 4.31 Å². The van der Waals surface area contributed by atoms with Gasteiger partial charge in [-0.1, -0.05) is 19.1 Å². The molecular formula is C14H21NO5S. The summed E-state index contributed by atoms with van der Waals surface area (Å²) in [6, 6.07) is 5.76. The van der Waals surface area contributed by atoms with E-state index >= 15 is 0 Å². The second-order valence-electron chi connectivity index (χ2n) is 5.02. The van der Waals surface area contributed by atoms with Crippen LogP contribution < -0.4 is 0 Å². The number of morpholine rings is 1. The lowest BCUT2D eigenvalue weighted by Crippen LogP contribution is -2.50. The largest absolute Gasteiger partial charge is 0.395 e. The Morgan fingerprint density at radius 2 is 2.24 bits per heavy atom. The number of benzene rings is 1. The van der Waals surface area contributed by atoms with Crippen LogP contribution in [-0.2, 0) is 14.8 Å². The Balaban J connectivity index is 2.34. The van der Waals surface area contributed by atoms with E-state index in [1.807, 2.05) is 6.92 Å². The summed E-state index contributed by atoms with van der Waals surface area (Å²) in [6.45, 7) is 2.26. The molecule has 2 rings (SSSR count). The SMILES string of the molecule is CCC(O)c1cccc(S(=O)(=O)N2CCOCC2CO)c1. The van der Waals surface area contributed by atoms with Crippen molar-refractivity contribution in [3.05, 3.63) is 29.8 Å². The Morgan fingerprint density at radius 1 is 1.48 bits per heavy atom. The third-order valence-corrected chi connectivity index (χ3v) is 5.57. The maximum atomic E-state index is 12.7. The van der Waals surface area contributed by atoms with Gasteiger partial charge in [-0.25, -0.2) is 8.42 Å². The molecule has 2 unspecified atom stereocenters. The first-order valence-corrected chi connectivity index (χ1v) is 8.43. The molecule has 1 saturated heterocycles. The zero-order valence-corrected chi connectivity index (χ0v) is 12.8. The van der Waals surface area contributed by atoms with Gasteiger partial charge in [0.05, 0.1) is 36.9 Å². The molecule has 0 radical (unpaired) electrons. The fraction of sp³-hybridized carbons (Fsp3) is 0.571. The molecule has 1 aromatic carbocycles. The highest BCUT2D eigenvalue weighted by atomic mass is 32.2. The molecule has 1 heterocycles. The maximum absolute atomic E-state index is 12.7. The number of hydrogen-bond acceptors (Lipinski definition) is 5. The lowest BCUT2D eigenvalue weighted by atomic mass is 10.1. The Labute approximate surface area is 125 Å². The van der Waals surface area contributed by atoms with E-state index in [1.165, 1.54) is 16.4 Å². The van der Waals surface area contributed by atoms with Crippen LogP contribution >= 0.6 is 0 Å². The molecule has 0 spiro atoms. The molecule has 0 aromatic heterocycles. The Morgan fingerprint density at radius 3 is 2.90 bits per heavy atom. The van der Waals surface area contributed by atoms with E-state index < -0.39 is 22.2 Å². The number of hydrogen-bond donors (Lipinski definition) is 2. The van der Waals surface area contributed by atoms with Crippen LogP contribution in [0.3, 0.4) is 0 Å². The number of aliphatic hydroxyl groups excluding tert-OH is 2. The second-order valence-corrected chi connectivity index (χ2v) is 6.91. The van der Waals surface area contributed by atoms with Gasteiger partial charge in [0.2, 0.25) is 10.0 Å². The number of nitrogens with zero attached hydrogens (tertiary/aromatic N) is 1. The minimum absolute atomic E-state index is 0.132. The van der Waals surface area contributed by atoms with E-state index in [-0.39, 0.29) is 24.7 Å². The van der Waals surface area contributed by atoms with Crippen molar-refractivity contribution in [1.29, 1.82) is 0 Å². The van der Waals surface area contributed by atoms with E-state index in [0.29, 0.717) is 18.6 Å². The van der Waals surface area contributed by atoms with E-state index in [9.17, 15) is 18.6 Å². The normalized spacial score (nSPS) is 22.1. The van der Waals surface area contributed by atoms with Gasteiger partial charge in [0.15, 0.2) is 0 Å². The molecule has 1 aliphatic rings. The van der Waals surface area contributed by atoms with Gasteiger partial charge >= 0.3 is 0 Å². The van der Waals surface area contributed by atoms with Crippen LogP contribution in [0.5, 0.6) is 0 Å². The van der Waals surface area contributed by atoms with Crippen LogP contribution in [0.1, 0.15) is 25.0 Å². The average molecular weight is 315 g/mol. The van der Waals surface area contributed by atoms with Gasteiger partial charge in [0, 0.05) is 6.54 Å². The van der Waals surface area contributed by atoms with Gasteiger partial charge in [-0.15, -0.1) is 0 Å². The van der Waals surface area contributed by atoms with Crippen LogP contribution in [0.2, 0.25) is 0 Å². The van der Waals surface area contributed by atoms with Gasteiger partial charge < -0.3 is 14.9 Å². The summed E-state index contributed by atoms with van der Waals surface area (Å²) in [5, 5.41) is 19.2. The summed E-state index contributed by atoms with van der Waals surface area (Å²) >= 11 is 0. The van der Waals surface area contributed by atoms with Crippen molar-refractivity contribution in [2.75, 3.05) is 26.4 Å². The number of ether oxygens (including phenoxy) is 1. The van der Waals surface area contributed by atoms with Crippen LogP contribution in [0, 0.1) is 0 Å². The van der Waals surface area contributed by atoms with Gasteiger partial charge in [0.25, 0.3) is 0 Å². The predicted molar refractivity (Wildman–Crippen MR) is 77.3 cm³/mol. The zero-order valence-electron chi connectivity index (χ0n) is 12.0. The van der Waals surface area contributed by atoms with E-state index in [4.69, 9.17) is 4.74 Å². The van der Waals surface area contributed by atoms with Crippen molar-refractivity contribution in [3.63, 3.8) is 0 Å². The molecule has 0 saturated carbocycles. The smallest absolute Gasteiger partial charge is 0.243 e. The zero-order chi connectivity index (χ0) is 15.5. The number of sulfonamides is 1. The molecule has 2 N–H and O–H groups in total. The van der Waals surface area contributed by atoms with Gasteiger partial charge in [-0.3, -0.25) is 0 Å². The van der Waals surface area contributed by atoms with E-state index in [0.717, 1.165) is 0 Å². The summed E-state index contributed by atoms with van der Waals surface area (Å²) in [6.07, 6.45) is -0.168.